The van der Waals surface area contributed by atoms with Gasteiger partial charge >= 0.3 is 0 Å². The van der Waals surface area contributed by atoms with Crippen molar-refractivity contribution in [3.8, 4) is 5.75 Å². The van der Waals surface area contributed by atoms with Gasteiger partial charge in [0.15, 0.2) is 0 Å². The van der Waals surface area contributed by atoms with Crippen LogP contribution in [0.1, 0.15) is 18.9 Å². The van der Waals surface area contributed by atoms with E-state index in [9.17, 15) is 5.11 Å². The first-order valence-corrected chi connectivity index (χ1v) is 7.13. The van der Waals surface area contributed by atoms with Crippen LogP contribution >= 0.6 is 0 Å². The second kappa shape index (κ2) is 9.73. The third-order valence-electron chi connectivity index (χ3n) is 3.46. The number of benzene rings is 1. The van der Waals surface area contributed by atoms with E-state index >= 15 is 0 Å². The average Bonchev–Trinajstić information content (AvgIpc) is 2.52. The lowest BCUT2D eigenvalue weighted by Gasteiger charge is -2.24. The molecule has 0 aromatic heterocycles. The summed E-state index contributed by atoms with van der Waals surface area (Å²) in [6.07, 6.45) is -0.484. The normalized spacial score (nSPS) is 15.5. The van der Waals surface area contributed by atoms with Crippen LogP contribution in [0.5, 0.6) is 5.75 Å². The summed E-state index contributed by atoms with van der Waals surface area (Å²) < 4.78 is 16.1. The van der Waals surface area contributed by atoms with E-state index in [0.29, 0.717) is 19.6 Å². The van der Waals surface area contributed by atoms with Crippen LogP contribution in [0.2, 0.25) is 0 Å². The Morgan fingerprint density at radius 3 is 2.33 bits per heavy atom. The zero-order chi connectivity index (χ0) is 15.7. The Balaban J connectivity index is 2.35. The van der Waals surface area contributed by atoms with E-state index in [1.165, 1.54) is 0 Å². The highest BCUT2D eigenvalue weighted by Crippen LogP contribution is 2.16. The van der Waals surface area contributed by atoms with Crippen LogP contribution < -0.4 is 4.74 Å². The first kappa shape index (κ1) is 17.9. The number of hydrogen-bond acceptors (Lipinski definition) is 5. The fourth-order valence-electron chi connectivity index (χ4n) is 2.10. The van der Waals surface area contributed by atoms with Gasteiger partial charge in [-0.2, -0.15) is 0 Å². The predicted octanol–water partition coefficient (Wildman–Crippen LogP) is 1.61. The lowest BCUT2D eigenvalue weighted by molar-refractivity contribution is -0.0304. The highest BCUT2D eigenvalue weighted by atomic mass is 16.5. The zero-order valence-corrected chi connectivity index (χ0v) is 13.0. The number of methoxy groups -OCH3 is 2. The molecule has 0 aliphatic carbocycles. The molecule has 0 bridgehead atoms. The maximum atomic E-state index is 9.48. The Bertz CT molecular complexity index is 379. The van der Waals surface area contributed by atoms with Gasteiger partial charge in [0.1, 0.15) is 5.75 Å². The molecular weight excluding hydrogens is 272 g/mol. The highest BCUT2D eigenvalue weighted by Gasteiger charge is 2.20. The summed E-state index contributed by atoms with van der Waals surface area (Å²) in [7, 11) is 3.24. The summed E-state index contributed by atoms with van der Waals surface area (Å²) in [4.78, 5) is 0. The monoisotopic (exact) mass is 298 g/mol. The minimum absolute atomic E-state index is 0.134. The first-order chi connectivity index (χ1) is 10.1. The Hall–Kier alpha value is -1.14. The number of hydrogen-bond donors (Lipinski definition) is 2. The number of ether oxygens (including phenoxy) is 3. The minimum atomic E-state index is -0.751. The van der Waals surface area contributed by atoms with Gasteiger partial charge in [-0.25, -0.2) is 0 Å². The second-order valence-electron chi connectivity index (χ2n) is 5.19. The van der Waals surface area contributed by atoms with Gasteiger partial charge in [-0.05, 0) is 17.7 Å². The van der Waals surface area contributed by atoms with Gasteiger partial charge in [-0.1, -0.05) is 19.1 Å². The van der Waals surface area contributed by atoms with E-state index in [1.807, 2.05) is 31.2 Å². The molecule has 5 nitrogen and oxygen atoms in total. The van der Waals surface area contributed by atoms with Crippen LogP contribution in [-0.2, 0) is 16.1 Å². The fraction of sp³-hybridized carbons (Fsp3) is 0.625. The molecule has 0 saturated heterocycles. The SMILES string of the molecule is COc1ccc(COC[C@H](C)[C@H](C[C@H](O)CO)OC)cc1. The maximum absolute atomic E-state index is 9.48. The van der Waals surface area contributed by atoms with Crippen molar-refractivity contribution in [2.24, 2.45) is 5.92 Å². The molecule has 1 rings (SSSR count). The Kier molecular flexibility index (Phi) is 8.30. The van der Waals surface area contributed by atoms with Gasteiger partial charge < -0.3 is 24.4 Å². The van der Waals surface area contributed by atoms with Crippen LogP contribution in [0.15, 0.2) is 24.3 Å². The van der Waals surface area contributed by atoms with E-state index in [4.69, 9.17) is 19.3 Å². The zero-order valence-electron chi connectivity index (χ0n) is 13.0. The Labute approximate surface area is 126 Å². The summed E-state index contributed by atoms with van der Waals surface area (Å²) in [5.41, 5.74) is 1.08. The van der Waals surface area contributed by atoms with Crippen LogP contribution in [0.25, 0.3) is 0 Å². The average molecular weight is 298 g/mol. The van der Waals surface area contributed by atoms with Crippen LogP contribution in [0, 0.1) is 5.92 Å². The lowest BCUT2D eigenvalue weighted by atomic mass is 10.00. The van der Waals surface area contributed by atoms with E-state index in [-0.39, 0.29) is 18.6 Å². The topological polar surface area (TPSA) is 68.2 Å². The molecule has 21 heavy (non-hydrogen) atoms. The quantitative estimate of drug-likeness (QED) is 0.687. The third-order valence-corrected chi connectivity index (χ3v) is 3.46. The molecule has 0 radical (unpaired) electrons. The van der Waals surface area contributed by atoms with Crippen LogP contribution in [0.4, 0.5) is 0 Å². The van der Waals surface area contributed by atoms with Crippen LogP contribution in [-0.4, -0.2) is 49.9 Å². The van der Waals surface area contributed by atoms with Crippen molar-refractivity contribution < 1.29 is 24.4 Å². The summed E-state index contributed by atoms with van der Waals surface area (Å²) >= 11 is 0. The molecule has 0 unspecified atom stereocenters. The Morgan fingerprint density at radius 2 is 1.81 bits per heavy atom. The second-order valence-corrected chi connectivity index (χ2v) is 5.19. The number of rotatable bonds is 10. The standard InChI is InChI=1S/C16H26O5/c1-12(16(20-3)8-14(18)9-17)10-21-11-13-4-6-15(19-2)7-5-13/h4-7,12,14,16-18H,8-11H2,1-3H3/t12-,14-,16-/m0/s1. The van der Waals surface area contributed by atoms with Gasteiger partial charge in [0.2, 0.25) is 0 Å². The van der Waals surface area contributed by atoms with Crippen molar-refractivity contribution in [3.63, 3.8) is 0 Å². The molecule has 0 aliphatic rings. The van der Waals surface area contributed by atoms with Crippen LogP contribution in [0.3, 0.4) is 0 Å². The molecule has 0 aliphatic heterocycles. The first-order valence-electron chi connectivity index (χ1n) is 7.13. The molecule has 1 aromatic carbocycles. The molecule has 0 spiro atoms. The van der Waals surface area contributed by atoms with E-state index in [0.717, 1.165) is 11.3 Å². The fourth-order valence-corrected chi connectivity index (χ4v) is 2.10. The van der Waals surface area contributed by atoms with E-state index < -0.39 is 6.10 Å². The Morgan fingerprint density at radius 1 is 1.14 bits per heavy atom. The van der Waals surface area contributed by atoms with Crippen molar-refractivity contribution >= 4 is 0 Å². The van der Waals surface area contributed by atoms with E-state index in [1.54, 1.807) is 14.2 Å². The molecule has 5 heteroatoms. The third kappa shape index (κ3) is 6.44. The van der Waals surface area contributed by atoms with Gasteiger partial charge in [-0.15, -0.1) is 0 Å². The summed E-state index contributed by atoms with van der Waals surface area (Å²) in [6, 6.07) is 7.73. The number of aliphatic hydroxyl groups excluding tert-OH is 2. The van der Waals surface area contributed by atoms with Crippen molar-refractivity contribution in [3.05, 3.63) is 29.8 Å². The molecule has 3 atom stereocenters. The minimum Gasteiger partial charge on any atom is -0.497 e. The van der Waals surface area contributed by atoms with Crippen molar-refractivity contribution in [1.29, 1.82) is 0 Å². The highest BCUT2D eigenvalue weighted by molar-refractivity contribution is 5.26. The van der Waals surface area contributed by atoms with Crippen molar-refractivity contribution in [2.45, 2.75) is 32.2 Å². The molecule has 0 saturated carbocycles. The van der Waals surface area contributed by atoms with Crippen molar-refractivity contribution in [2.75, 3.05) is 27.4 Å². The van der Waals surface area contributed by atoms with Gasteiger partial charge in [0.05, 0.1) is 39.1 Å². The van der Waals surface area contributed by atoms with Gasteiger partial charge in [0, 0.05) is 19.4 Å². The van der Waals surface area contributed by atoms with Gasteiger partial charge in [-0.3, -0.25) is 0 Å². The molecule has 0 heterocycles. The molecule has 0 fully saturated rings. The molecule has 2 N–H and O–H groups in total. The largest absolute Gasteiger partial charge is 0.497 e. The molecule has 120 valence electrons. The predicted molar refractivity (Wildman–Crippen MR) is 80.3 cm³/mol. The van der Waals surface area contributed by atoms with Gasteiger partial charge in [0.25, 0.3) is 0 Å². The molecule has 0 amide bonds. The maximum Gasteiger partial charge on any atom is 0.118 e. The summed E-state index contributed by atoms with van der Waals surface area (Å²) in [5.74, 6) is 0.957. The molecular formula is C16H26O5. The lowest BCUT2D eigenvalue weighted by Crippen LogP contribution is -2.30. The van der Waals surface area contributed by atoms with Crippen molar-refractivity contribution in [1.82, 2.24) is 0 Å². The smallest absolute Gasteiger partial charge is 0.118 e. The summed E-state index contributed by atoms with van der Waals surface area (Å²) in [6.45, 7) is 2.81. The summed E-state index contributed by atoms with van der Waals surface area (Å²) in [5, 5.41) is 18.4. The number of aliphatic hydroxyl groups is 2. The molecule has 1 aromatic rings. The van der Waals surface area contributed by atoms with E-state index in [2.05, 4.69) is 0 Å².